The number of ether oxygens (including phenoxy) is 1. The van der Waals surface area contributed by atoms with E-state index in [4.69, 9.17) is 10.5 Å². The molecule has 3 atom stereocenters. The molecule has 2 aromatic rings. The standard InChI is InChI=1S/C29H37N5O7/c1-33(2)27(38)29(40)23(16-17-34(29)25(36)15-9-14-20-10-5-3-6-11-20)32-26(37)22(18-24(30)35)31-28(39)41-19-21-12-7-4-8-13-21/h3-8,10-13,22-23,40H,9,14-19H2,1-2H3,(H2,30,35)(H,31,39)(H,32,37)/t22-,23-,29-/m0/s1. The van der Waals surface area contributed by atoms with Crippen LogP contribution in [0.15, 0.2) is 60.7 Å². The van der Waals surface area contributed by atoms with Gasteiger partial charge in [-0.1, -0.05) is 60.7 Å². The molecule has 3 rings (SSSR count). The molecule has 5 amide bonds. The second kappa shape index (κ2) is 14.3. The van der Waals surface area contributed by atoms with Crippen molar-refractivity contribution in [1.82, 2.24) is 20.4 Å². The van der Waals surface area contributed by atoms with Gasteiger partial charge in [0.05, 0.1) is 12.5 Å². The monoisotopic (exact) mass is 567 g/mol. The Hall–Kier alpha value is -4.45. The normalized spacial score (nSPS) is 18.7. The fraction of sp³-hybridized carbons (Fsp3) is 0.414. The number of nitrogens with two attached hydrogens (primary N) is 1. The molecule has 5 N–H and O–H groups in total. The van der Waals surface area contributed by atoms with Gasteiger partial charge in [-0.05, 0) is 30.4 Å². The molecule has 41 heavy (non-hydrogen) atoms. The van der Waals surface area contributed by atoms with Gasteiger partial charge in [0.1, 0.15) is 12.6 Å². The highest BCUT2D eigenvalue weighted by Crippen LogP contribution is 2.30. The molecule has 220 valence electrons. The summed E-state index contributed by atoms with van der Waals surface area (Å²) in [5.74, 6) is -2.96. The smallest absolute Gasteiger partial charge is 0.408 e. The van der Waals surface area contributed by atoms with Crippen molar-refractivity contribution < 1.29 is 33.8 Å². The largest absolute Gasteiger partial charge is 0.445 e. The summed E-state index contributed by atoms with van der Waals surface area (Å²) in [6.45, 7) is -0.0587. The van der Waals surface area contributed by atoms with Crippen molar-refractivity contribution in [3.63, 3.8) is 0 Å². The van der Waals surface area contributed by atoms with Gasteiger partial charge in [0, 0.05) is 27.1 Å². The summed E-state index contributed by atoms with van der Waals surface area (Å²) >= 11 is 0. The highest BCUT2D eigenvalue weighted by molar-refractivity contribution is 5.94. The third kappa shape index (κ3) is 8.27. The summed E-state index contributed by atoms with van der Waals surface area (Å²) < 4.78 is 5.14. The number of alkyl carbamates (subject to hydrolysis) is 1. The van der Waals surface area contributed by atoms with E-state index < -0.39 is 54.0 Å². The van der Waals surface area contributed by atoms with Crippen molar-refractivity contribution in [3.8, 4) is 0 Å². The predicted octanol–water partition coefficient (Wildman–Crippen LogP) is 0.674. The number of carbonyl (C=O) groups is 5. The van der Waals surface area contributed by atoms with E-state index in [1.807, 2.05) is 36.4 Å². The van der Waals surface area contributed by atoms with Crippen molar-refractivity contribution >= 4 is 29.7 Å². The fourth-order valence-electron chi connectivity index (χ4n) is 4.71. The van der Waals surface area contributed by atoms with Crippen LogP contribution in [0.2, 0.25) is 0 Å². The summed E-state index contributed by atoms with van der Waals surface area (Å²) in [4.78, 5) is 65.8. The van der Waals surface area contributed by atoms with Crippen LogP contribution in [0.1, 0.15) is 36.8 Å². The van der Waals surface area contributed by atoms with Crippen LogP contribution in [0.25, 0.3) is 0 Å². The SMILES string of the molecule is CN(C)C(=O)[C@@]1(O)[C@@H](NC(=O)[C@H](CC(N)=O)NC(=O)OCc2ccccc2)CCN1C(=O)CCCc1ccccc1. The average Bonchev–Trinajstić information content (AvgIpc) is 3.28. The molecular formula is C29H37N5O7. The highest BCUT2D eigenvalue weighted by atomic mass is 16.5. The molecule has 1 aliphatic rings. The van der Waals surface area contributed by atoms with Crippen molar-refractivity contribution in [2.24, 2.45) is 5.73 Å². The number of hydrogen-bond acceptors (Lipinski definition) is 7. The molecular weight excluding hydrogens is 530 g/mol. The van der Waals surface area contributed by atoms with E-state index >= 15 is 0 Å². The van der Waals surface area contributed by atoms with Gasteiger partial charge in [-0.15, -0.1) is 0 Å². The van der Waals surface area contributed by atoms with E-state index in [9.17, 15) is 29.1 Å². The number of amides is 5. The minimum atomic E-state index is -2.37. The topological polar surface area (TPSA) is 171 Å². The Morgan fingerprint density at radius 2 is 1.66 bits per heavy atom. The second-order valence-corrected chi connectivity index (χ2v) is 10.1. The number of aryl methyl sites for hydroxylation is 1. The molecule has 1 saturated heterocycles. The fourth-order valence-corrected chi connectivity index (χ4v) is 4.71. The zero-order valence-corrected chi connectivity index (χ0v) is 23.2. The number of rotatable bonds is 12. The molecule has 12 nitrogen and oxygen atoms in total. The van der Waals surface area contributed by atoms with Gasteiger partial charge in [0.2, 0.25) is 23.4 Å². The Morgan fingerprint density at radius 3 is 2.24 bits per heavy atom. The number of likely N-dealkylation sites (N-methyl/N-ethyl adjacent to an activating group) is 1. The zero-order valence-electron chi connectivity index (χ0n) is 23.2. The van der Waals surface area contributed by atoms with Crippen molar-refractivity contribution in [2.75, 3.05) is 20.6 Å². The maximum absolute atomic E-state index is 13.2. The molecule has 0 bridgehead atoms. The predicted molar refractivity (Wildman–Crippen MR) is 149 cm³/mol. The van der Waals surface area contributed by atoms with Crippen molar-refractivity contribution in [3.05, 3.63) is 71.8 Å². The average molecular weight is 568 g/mol. The Kier molecular flexibility index (Phi) is 10.8. The molecule has 2 aromatic carbocycles. The van der Waals surface area contributed by atoms with Crippen molar-refractivity contribution in [1.29, 1.82) is 0 Å². The minimum absolute atomic E-state index is 0.0121. The van der Waals surface area contributed by atoms with Crippen LogP contribution in [0, 0.1) is 0 Å². The minimum Gasteiger partial charge on any atom is -0.445 e. The molecule has 1 aliphatic heterocycles. The Labute approximate surface area is 238 Å². The number of nitrogens with zero attached hydrogens (tertiary/aromatic N) is 2. The first-order chi connectivity index (χ1) is 19.5. The van der Waals surface area contributed by atoms with E-state index in [2.05, 4.69) is 10.6 Å². The van der Waals surface area contributed by atoms with Crippen molar-refractivity contribution in [2.45, 2.75) is 56.5 Å². The first kappa shape index (κ1) is 31.1. The summed E-state index contributed by atoms with van der Waals surface area (Å²) in [5, 5.41) is 16.5. The van der Waals surface area contributed by atoms with Gasteiger partial charge in [-0.3, -0.25) is 19.2 Å². The Bertz CT molecular complexity index is 1220. The number of benzene rings is 2. The third-order valence-corrected chi connectivity index (χ3v) is 6.80. The zero-order chi connectivity index (χ0) is 30.0. The molecule has 1 heterocycles. The number of aliphatic hydroxyl groups is 1. The lowest BCUT2D eigenvalue weighted by Gasteiger charge is -2.38. The molecule has 0 aromatic heterocycles. The summed E-state index contributed by atoms with van der Waals surface area (Å²) in [6, 6.07) is 15.8. The summed E-state index contributed by atoms with van der Waals surface area (Å²) in [6.07, 6.45) is -0.233. The van der Waals surface area contributed by atoms with Crippen LogP contribution in [0.3, 0.4) is 0 Å². The summed E-state index contributed by atoms with van der Waals surface area (Å²) in [5.41, 5.74) is 4.70. The number of primary amides is 1. The number of likely N-dealkylation sites (tertiary alicyclic amines) is 1. The van der Waals surface area contributed by atoms with Crippen LogP contribution in [-0.2, 0) is 36.9 Å². The third-order valence-electron chi connectivity index (χ3n) is 6.80. The first-order valence-corrected chi connectivity index (χ1v) is 13.4. The Balaban J connectivity index is 1.68. The number of nitrogens with one attached hydrogen (secondary N) is 2. The lowest BCUT2D eigenvalue weighted by Crippen LogP contribution is -2.66. The Morgan fingerprint density at radius 1 is 1.05 bits per heavy atom. The van der Waals surface area contributed by atoms with Gasteiger partial charge in [-0.25, -0.2) is 4.79 Å². The maximum Gasteiger partial charge on any atom is 0.408 e. The van der Waals surface area contributed by atoms with Gasteiger partial charge in [0.15, 0.2) is 0 Å². The molecule has 0 aliphatic carbocycles. The summed E-state index contributed by atoms with van der Waals surface area (Å²) in [7, 11) is 2.85. The first-order valence-electron chi connectivity index (χ1n) is 13.4. The lowest BCUT2D eigenvalue weighted by atomic mass is 10.0. The quantitative estimate of drug-likeness (QED) is 0.292. The van der Waals surface area contributed by atoms with E-state index in [-0.39, 0.29) is 26.0 Å². The second-order valence-electron chi connectivity index (χ2n) is 10.1. The molecule has 0 radical (unpaired) electrons. The highest BCUT2D eigenvalue weighted by Gasteiger charge is 2.56. The molecule has 0 saturated carbocycles. The number of carbonyl (C=O) groups excluding carboxylic acids is 5. The van der Waals surface area contributed by atoms with E-state index in [1.54, 1.807) is 24.3 Å². The van der Waals surface area contributed by atoms with E-state index in [1.165, 1.54) is 14.1 Å². The molecule has 0 spiro atoms. The van der Waals surface area contributed by atoms with Crippen LogP contribution in [-0.4, -0.2) is 83.1 Å². The molecule has 1 fully saturated rings. The maximum atomic E-state index is 13.2. The molecule has 0 unspecified atom stereocenters. The van der Waals surface area contributed by atoms with Gasteiger partial charge >= 0.3 is 6.09 Å². The number of hydrogen-bond donors (Lipinski definition) is 4. The van der Waals surface area contributed by atoms with Crippen LogP contribution in [0.4, 0.5) is 4.79 Å². The van der Waals surface area contributed by atoms with E-state index in [0.717, 1.165) is 15.4 Å². The lowest BCUT2D eigenvalue weighted by molar-refractivity contribution is -0.178. The van der Waals surface area contributed by atoms with Gasteiger partial charge in [0.25, 0.3) is 5.91 Å². The van der Waals surface area contributed by atoms with Crippen LogP contribution >= 0.6 is 0 Å². The molecule has 12 heteroatoms. The van der Waals surface area contributed by atoms with Crippen LogP contribution in [0.5, 0.6) is 0 Å². The van der Waals surface area contributed by atoms with Gasteiger partial charge in [-0.2, -0.15) is 0 Å². The van der Waals surface area contributed by atoms with E-state index in [0.29, 0.717) is 18.4 Å². The van der Waals surface area contributed by atoms with Gasteiger partial charge < -0.3 is 36.0 Å². The van der Waals surface area contributed by atoms with Crippen LogP contribution < -0.4 is 16.4 Å².